The molecule has 8 heteroatoms. The minimum Gasteiger partial charge on any atom is -0.497 e. The van der Waals surface area contributed by atoms with E-state index < -0.39 is 15.4 Å². The molecule has 0 radical (unpaired) electrons. The fourth-order valence-corrected chi connectivity index (χ4v) is 5.94. The number of nitrogens with zero attached hydrogens (tertiary/aromatic N) is 2. The Morgan fingerprint density at radius 1 is 1.11 bits per heavy atom. The van der Waals surface area contributed by atoms with Crippen LogP contribution in [0.1, 0.15) is 17.9 Å². The van der Waals surface area contributed by atoms with Gasteiger partial charge in [-0.25, -0.2) is 8.42 Å². The normalized spacial score (nSPS) is 22.2. The van der Waals surface area contributed by atoms with Crippen LogP contribution in [0.2, 0.25) is 0 Å². The van der Waals surface area contributed by atoms with Crippen molar-refractivity contribution >= 4 is 33.0 Å². The first-order chi connectivity index (χ1) is 13.4. The van der Waals surface area contributed by atoms with Gasteiger partial charge in [-0.1, -0.05) is 0 Å². The van der Waals surface area contributed by atoms with Crippen LogP contribution in [0.5, 0.6) is 5.75 Å². The number of hydrogen-bond acceptors (Lipinski definition) is 5. The smallest absolute Gasteiger partial charge is 0.264 e. The molecule has 2 atom stereocenters. The molecule has 0 spiro atoms. The Morgan fingerprint density at radius 3 is 2.43 bits per heavy atom. The van der Waals surface area contributed by atoms with Gasteiger partial charge in [-0.15, -0.1) is 11.6 Å². The van der Waals surface area contributed by atoms with Crippen molar-refractivity contribution in [1.29, 1.82) is 0 Å². The monoisotopic (exact) mass is 421 g/mol. The van der Waals surface area contributed by atoms with Gasteiger partial charge in [0.15, 0.2) is 0 Å². The van der Waals surface area contributed by atoms with E-state index in [-0.39, 0.29) is 10.9 Å². The van der Waals surface area contributed by atoms with Gasteiger partial charge in [-0.05, 0) is 49.4 Å². The lowest BCUT2D eigenvalue weighted by molar-refractivity contribution is 0.414. The summed E-state index contributed by atoms with van der Waals surface area (Å²) in [5, 5.41) is 2.89. The highest BCUT2D eigenvalue weighted by atomic mass is 35.5. The fourth-order valence-electron chi connectivity index (χ4n) is 3.89. The lowest BCUT2D eigenvalue weighted by atomic mass is 10.1. The molecule has 28 heavy (non-hydrogen) atoms. The SMILES string of the molecule is COc1ccc2c(c1)C(Cl)C(C)N2S(=O)(=O)c1ccc(N2CCNCC2)cc1. The van der Waals surface area contributed by atoms with Crippen LogP contribution in [0.25, 0.3) is 0 Å². The summed E-state index contributed by atoms with van der Waals surface area (Å²) in [4.78, 5) is 2.52. The molecule has 2 aliphatic rings. The highest BCUT2D eigenvalue weighted by Crippen LogP contribution is 2.47. The summed E-state index contributed by atoms with van der Waals surface area (Å²) in [6.45, 7) is 5.53. The molecule has 0 amide bonds. The molecule has 2 aliphatic heterocycles. The Bertz CT molecular complexity index is 959. The zero-order valence-electron chi connectivity index (χ0n) is 15.9. The molecule has 0 aromatic heterocycles. The topological polar surface area (TPSA) is 61.9 Å². The number of nitrogens with one attached hydrogen (secondary N) is 1. The lowest BCUT2D eigenvalue weighted by Gasteiger charge is -2.30. The van der Waals surface area contributed by atoms with Gasteiger partial charge in [0.2, 0.25) is 0 Å². The molecule has 1 fully saturated rings. The number of hydrogen-bond donors (Lipinski definition) is 1. The van der Waals surface area contributed by atoms with E-state index in [4.69, 9.17) is 16.3 Å². The second-order valence-electron chi connectivity index (χ2n) is 7.10. The number of methoxy groups -OCH3 is 1. The number of fused-ring (bicyclic) bond motifs is 1. The summed E-state index contributed by atoms with van der Waals surface area (Å²) in [7, 11) is -2.14. The average Bonchev–Trinajstić information content (AvgIpc) is 2.99. The van der Waals surface area contributed by atoms with Gasteiger partial charge in [-0.2, -0.15) is 0 Å². The van der Waals surface area contributed by atoms with Gasteiger partial charge >= 0.3 is 0 Å². The van der Waals surface area contributed by atoms with E-state index in [1.54, 1.807) is 31.4 Å². The summed E-state index contributed by atoms with van der Waals surface area (Å²) in [6.07, 6.45) is 0. The van der Waals surface area contributed by atoms with E-state index in [9.17, 15) is 8.42 Å². The number of halogens is 1. The fraction of sp³-hybridized carbons (Fsp3) is 0.400. The Balaban J connectivity index is 1.67. The molecule has 2 aromatic carbocycles. The Labute approximate surface area is 171 Å². The third-order valence-corrected chi connectivity index (χ3v) is 7.95. The molecule has 0 aliphatic carbocycles. The summed E-state index contributed by atoms with van der Waals surface area (Å²) in [6, 6.07) is 12.1. The van der Waals surface area contributed by atoms with Crippen molar-refractivity contribution in [3.05, 3.63) is 48.0 Å². The van der Waals surface area contributed by atoms with Crippen molar-refractivity contribution in [2.45, 2.75) is 23.2 Å². The lowest BCUT2D eigenvalue weighted by Crippen LogP contribution is -2.43. The van der Waals surface area contributed by atoms with Crippen LogP contribution in [0, 0.1) is 0 Å². The maximum Gasteiger partial charge on any atom is 0.264 e. The van der Waals surface area contributed by atoms with Crippen LogP contribution in [0.4, 0.5) is 11.4 Å². The molecule has 150 valence electrons. The van der Waals surface area contributed by atoms with E-state index in [2.05, 4.69) is 10.2 Å². The van der Waals surface area contributed by atoms with E-state index in [1.165, 1.54) is 4.31 Å². The first kappa shape index (κ1) is 19.4. The molecule has 0 saturated carbocycles. The zero-order chi connectivity index (χ0) is 19.9. The first-order valence-electron chi connectivity index (χ1n) is 9.35. The summed E-state index contributed by atoms with van der Waals surface area (Å²) >= 11 is 6.56. The van der Waals surface area contributed by atoms with Crippen molar-refractivity contribution in [1.82, 2.24) is 5.32 Å². The van der Waals surface area contributed by atoms with Gasteiger partial charge in [0.25, 0.3) is 10.0 Å². The molecular formula is C20H24ClN3O3S. The number of ether oxygens (including phenoxy) is 1. The van der Waals surface area contributed by atoms with E-state index in [0.717, 1.165) is 37.4 Å². The first-order valence-corrected chi connectivity index (χ1v) is 11.2. The second kappa shape index (κ2) is 7.46. The third kappa shape index (κ3) is 3.21. The summed E-state index contributed by atoms with van der Waals surface area (Å²) in [5.74, 6) is 0.663. The molecule has 2 aromatic rings. The van der Waals surface area contributed by atoms with Crippen LogP contribution in [0.3, 0.4) is 0 Å². The van der Waals surface area contributed by atoms with Crippen molar-refractivity contribution in [2.75, 3.05) is 42.5 Å². The molecule has 0 bridgehead atoms. The maximum atomic E-state index is 13.4. The van der Waals surface area contributed by atoms with E-state index in [1.807, 2.05) is 25.1 Å². The molecular weight excluding hydrogens is 398 g/mol. The maximum absolute atomic E-state index is 13.4. The number of piperazine rings is 1. The van der Waals surface area contributed by atoms with Crippen molar-refractivity contribution in [2.24, 2.45) is 0 Å². The number of benzene rings is 2. The number of rotatable bonds is 4. The minimum absolute atomic E-state index is 0.269. The van der Waals surface area contributed by atoms with Crippen LogP contribution >= 0.6 is 11.6 Å². The van der Waals surface area contributed by atoms with Gasteiger partial charge < -0.3 is 15.0 Å². The highest BCUT2D eigenvalue weighted by molar-refractivity contribution is 7.92. The van der Waals surface area contributed by atoms with E-state index in [0.29, 0.717) is 11.4 Å². The van der Waals surface area contributed by atoms with Gasteiger partial charge in [0, 0.05) is 37.4 Å². The Hall–Kier alpha value is -1.96. The molecule has 6 nitrogen and oxygen atoms in total. The van der Waals surface area contributed by atoms with Gasteiger partial charge in [0.05, 0.1) is 29.1 Å². The van der Waals surface area contributed by atoms with Crippen molar-refractivity contribution in [3.63, 3.8) is 0 Å². The second-order valence-corrected chi connectivity index (χ2v) is 9.38. The third-order valence-electron chi connectivity index (χ3n) is 5.44. The van der Waals surface area contributed by atoms with Crippen LogP contribution < -0.4 is 19.3 Å². The predicted octanol–water partition coefficient (Wildman–Crippen LogP) is 2.98. The number of alkyl halides is 1. The molecule has 1 saturated heterocycles. The molecule has 2 unspecified atom stereocenters. The standard InChI is InChI=1S/C20H24ClN3O3S/c1-14-20(21)18-13-16(27-2)5-8-19(18)24(14)28(25,26)17-6-3-15(4-7-17)23-11-9-22-10-12-23/h3-8,13-14,20,22H,9-12H2,1-2H3. The highest BCUT2D eigenvalue weighted by Gasteiger charge is 2.42. The number of anilines is 2. The minimum atomic E-state index is -3.72. The van der Waals surface area contributed by atoms with Crippen LogP contribution in [-0.2, 0) is 10.0 Å². The Kier molecular flexibility index (Phi) is 5.16. The largest absolute Gasteiger partial charge is 0.497 e. The Morgan fingerprint density at radius 2 is 1.79 bits per heavy atom. The molecule has 4 rings (SSSR count). The average molecular weight is 422 g/mol. The van der Waals surface area contributed by atoms with E-state index >= 15 is 0 Å². The molecule has 1 N–H and O–H groups in total. The summed E-state index contributed by atoms with van der Waals surface area (Å²) < 4.78 is 33.5. The van der Waals surface area contributed by atoms with Crippen LogP contribution in [0.15, 0.2) is 47.4 Å². The van der Waals surface area contributed by atoms with Crippen LogP contribution in [-0.4, -0.2) is 47.7 Å². The van der Waals surface area contributed by atoms with Gasteiger partial charge in [0.1, 0.15) is 5.75 Å². The molecule has 2 heterocycles. The van der Waals surface area contributed by atoms with Crippen molar-refractivity contribution in [3.8, 4) is 5.75 Å². The van der Waals surface area contributed by atoms with Crippen molar-refractivity contribution < 1.29 is 13.2 Å². The zero-order valence-corrected chi connectivity index (χ0v) is 17.5. The predicted molar refractivity (Wildman–Crippen MR) is 112 cm³/mol. The summed E-state index contributed by atoms with van der Waals surface area (Å²) in [5.41, 5.74) is 2.42. The van der Waals surface area contributed by atoms with Gasteiger partial charge in [-0.3, -0.25) is 4.31 Å². The quantitative estimate of drug-likeness (QED) is 0.769. The number of sulfonamides is 1.